The van der Waals surface area contributed by atoms with Gasteiger partial charge >= 0.3 is 0 Å². The maximum absolute atomic E-state index is 12.9. The van der Waals surface area contributed by atoms with E-state index in [-0.39, 0.29) is 12.2 Å². The van der Waals surface area contributed by atoms with E-state index < -0.39 is 0 Å². The minimum absolute atomic E-state index is 0.0492. The summed E-state index contributed by atoms with van der Waals surface area (Å²) in [6.07, 6.45) is 5.38. The Balaban J connectivity index is 2.20. The minimum Gasteiger partial charge on any atom is -0.396 e. The van der Waals surface area contributed by atoms with Crippen LogP contribution in [0.5, 0.6) is 0 Å². The molecule has 0 bridgehead atoms. The summed E-state index contributed by atoms with van der Waals surface area (Å²) in [7, 11) is 0. The number of aryl methyl sites for hydroxylation is 1. The Bertz CT molecular complexity index is 975. The molecule has 0 radical (unpaired) electrons. The molecule has 0 saturated carbocycles. The molecule has 0 aliphatic rings. The van der Waals surface area contributed by atoms with Gasteiger partial charge in [0.2, 0.25) is 5.78 Å². The fourth-order valence-electron chi connectivity index (χ4n) is 3.30. The second kappa shape index (κ2) is 8.06. The summed E-state index contributed by atoms with van der Waals surface area (Å²) in [5, 5.41) is 10.0. The van der Waals surface area contributed by atoms with Crippen LogP contribution in [0.1, 0.15) is 37.4 Å². The van der Waals surface area contributed by atoms with Gasteiger partial charge in [-0.3, -0.25) is 9.20 Å². The number of aromatic nitrogens is 3. The molecule has 0 fully saturated rings. The van der Waals surface area contributed by atoms with Crippen LogP contribution < -0.4 is 5.56 Å². The van der Waals surface area contributed by atoms with Crippen LogP contribution in [0.15, 0.2) is 35.3 Å². The molecular formula is C20H24ClN3O2. The molecule has 0 atom stereocenters. The van der Waals surface area contributed by atoms with Crippen molar-refractivity contribution in [1.82, 2.24) is 14.0 Å². The summed E-state index contributed by atoms with van der Waals surface area (Å²) >= 11 is 6.10. The van der Waals surface area contributed by atoms with E-state index in [9.17, 15) is 9.90 Å². The molecule has 1 N–H and O–H groups in total. The first-order valence-electron chi connectivity index (χ1n) is 9.05. The van der Waals surface area contributed by atoms with Crippen LogP contribution in [0.2, 0.25) is 5.02 Å². The highest BCUT2D eigenvalue weighted by Gasteiger charge is 2.17. The van der Waals surface area contributed by atoms with Crippen LogP contribution in [-0.2, 0) is 13.0 Å². The average Bonchev–Trinajstić information content (AvgIpc) is 3.07. The molecule has 0 spiro atoms. The SMILES string of the molecule is CCCCCn1c(C)c(CCO)c(=O)n2cc(-c3cccc(Cl)c3)nc12. The summed E-state index contributed by atoms with van der Waals surface area (Å²) in [6.45, 7) is 4.85. The molecule has 2 heterocycles. The van der Waals surface area contributed by atoms with Crippen molar-refractivity contribution in [2.75, 3.05) is 6.61 Å². The van der Waals surface area contributed by atoms with Gasteiger partial charge in [-0.05, 0) is 25.5 Å². The molecule has 3 rings (SSSR count). The highest BCUT2D eigenvalue weighted by Crippen LogP contribution is 2.23. The lowest BCUT2D eigenvalue weighted by molar-refractivity contribution is 0.298. The molecule has 138 valence electrons. The zero-order valence-electron chi connectivity index (χ0n) is 15.2. The molecule has 0 amide bonds. The van der Waals surface area contributed by atoms with E-state index >= 15 is 0 Å². The molecule has 1 aromatic carbocycles. The van der Waals surface area contributed by atoms with E-state index in [2.05, 4.69) is 11.5 Å². The molecule has 3 aromatic rings. The predicted octanol–water partition coefficient (Wildman–Crippen LogP) is 3.85. The quantitative estimate of drug-likeness (QED) is 0.640. The molecule has 0 unspecified atom stereocenters. The lowest BCUT2D eigenvalue weighted by Gasteiger charge is -2.15. The summed E-state index contributed by atoms with van der Waals surface area (Å²) in [4.78, 5) is 17.6. The highest BCUT2D eigenvalue weighted by molar-refractivity contribution is 6.30. The summed E-state index contributed by atoms with van der Waals surface area (Å²) < 4.78 is 3.69. The number of rotatable bonds is 7. The smallest absolute Gasteiger partial charge is 0.262 e. The highest BCUT2D eigenvalue weighted by atomic mass is 35.5. The van der Waals surface area contributed by atoms with Gasteiger partial charge in [0.05, 0.1) is 5.69 Å². The maximum Gasteiger partial charge on any atom is 0.262 e. The summed E-state index contributed by atoms with van der Waals surface area (Å²) in [5.74, 6) is 0.639. The van der Waals surface area contributed by atoms with Gasteiger partial charge in [0, 0.05) is 47.6 Å². The van der Waals surface area contributed by atoms with E-state index in [4.69, 9.17) is 16.6 Å². The Morgan fingerprint density at radius 1 is 1.27 bits per heavy atom. The summed E-state index contributed by atoms with van der Waals surface area (Å²) in [5.41, 5.74) is 3.01. The Morgan fingerprint density at radius 3 is 2.77 bits per heavy atom. The van der Waals surface area contributed by atoms with Gasteiger partial charge in [-0.25, -0.2) is 4.98 Å². The van der Waals surface area contributed by atoms with Crippen molar-refractivity contribution in [3.05, 3.63) is 57.1 Å². The van der Waals surface area contributed by atoms with Crippen LogP contribution >= 0.6 is 11.6 Å². The summed E-state index contributed by atoms with van der Waals surface area (Å²) in [6, 6.07) is 7.46. The predicted molar refractivity (Wildman–Crippen MR) is 105 cm³/mol. The monoisotopic (exact) mass is 373 g/mol. The van der Waals surface area contributed by atoms with Crippen LogP contribution in [0.25, 0.3) is 17.0 Å². The van der Waals surface area contributed by atoms with Gasteiger partial charge in [-0.1, -0.05) is 43.5 Å². The third-order valence-electron chi connectivity index (χ3n) is 4.71. The Morgan fingerprint density at radius 2 is 2.08 bits per heavy atom. The zero-order valence-corrected chi connectivity index (χ0v) is 16.0. The van der Waals surface area contributed by atoms with Gasteiger partial charge in [0.15, 0.2) is 0 Å². The normalized spacial score (nSPS) is 11.4. The zero-order chi connectivity index (χ0) is 18.7. The third kappa shape index (κ3) is 3.55. The topological polar surface area (TPSA) is 59.5 Å². The molecule has 26 heavy (non-hydrogen) atoms. The molecule has 5 nitrogen and oxygen atoms in total. The van der Waals surface area contributed by atoms with Gasteiger partial charge in [0.25, 0.3) is 5.56 Å². The lowest BCUT2D eigenvalue weighted by Crippen LogP contribution is -2.25. The number of aliphatic hydroxyl groups is 1. The van der Waals surface area contributed by atoms with Crippen molar-refractivity contribution >= 4 is 17.4 Å². The second-order valence-electron chi connectivity index (χ2n) is 6.51. The van der Waals surface area contributed by atoms with Crippen molar-refractivity contribution in [2.45, 2.75) is 46.1 Å². The first-order chi connectivity index (χ1) is 12.6. The Kier molecular flexibility index (Phi) is 5.79. The number of hydrogen-bond acceptors (Lipinski definition) is 3. The van der Waals surface area contributed by atoms with Gasteiger partial charge in [0.1, 0.15) is 0 Å². The Hall–Kier alpha value is -2.11. The first kappa shape index (κ1) is 18.7. The van der Waals surface area contributed by atoms with E-state index in [0.717, 1.165) is 42.8 Å². The van der Waals surface area contributed by atoms with Gasteiger partial charge in [-0.15, -0.1) is 0 Å². The number of hydrogen-bond donors (Lipinski definition) is 1. The molecule has 6 heteroatoms. The van der Waals surface area contributed by atoms with E-state index in [1.807, 2.05) is 31.2 Å². The number of unbranched alkanes of at least 4 members (excludes halogenated alkanes) is 2. The van der Waals surface area contributed by atoms with E-state index in [1.54, 1.807) is 10.6 Å². The number of imidazole rings is 1. The first-order valence-corrected chi connectivity index (χ1v) is 9.42. The largest absolute Gasteiger partial charge is 0.396 e. The van der Waals surface area contributed by atoms with Gasteiger partial charge < -0.3 is 9.67 Å². The standard InChI is InChI=1S/C20H24ClN3O2/c1-3-4-5-10-23-14(2)17(9-11-25)19(26)24-13-18(22-20(23)24)15-7-6-8-16(21)12-15/h6-8,12-13,25H,3-5,9-11H2,1-2H3. The molecule has 0 saturated heterocycles. The fraction of sp³-hybridized carbons (Fsp3) is 0.400. The van der Waals surface area contributed by atoms with Crippen LogP contribution in [0.4, 0.5) is 0 Å². The minimum atomic E-state index is -0.112. The number of aliphatic hydroxyl groups excluding tert-OH is 1. The second-order valence-corrected chi connectivity index (χ2v) is 6.94. The van der Waals surface area contributed by atoms with Gasteiger partial charge in [-0.2, -0.15) is 0 Å². The van der Waals surface area contributed by atoms with Crippen molar-refractivity contribution < 1.29 is 5.11 Å². The third-order valence-corrected chi connectivity index (χ3v) is 4.95. The van der Waals surface area contributed by atoms with Crippen molar-refractivity contribution in [3.63, 3.8) is 0 Å². The van der Waals surface area contributed by atoms with E-state index in [0.29, 0.717) is 22.8 Å². The number of halogens is 1. The molecule has 0 aliphatic heterocycles. The van der Waals surface area contributed by atoms with Crippen molar-refractivity contribution in [3.8, 4) is 11.3 Å². The lowest BCUT2D eigenvalue weighted by atomic mass is 10.1. The number of benzene rings is 1. The number of fused-ring (bicyclic) bond motifs is 1. The fourth-order valence-corrected chi connectivity index (χ4v) is 3.49. The van der Waals surface area contributed by atoms with Crippen LogP contribution in [0.3, 0.4) is 0 Å². The van der Waals surface area contributed by atoms with Crippen LogP contribution in [-0.4, -0.2) is 25.7 Å². The average molecular weight is 374 g/mol. The molecule has 0 aliphatic carbocycles. The van der Waals surface area contributed by atoms with E-state index in [1.165, 1.54) is 0 Å². The van der Waals surface area contributed by atoms with Crippen molar-refractivity contribution in [1.29, 1.82) is 0 Å². The Labute approximate surface area is 157 Å². The van der Waals surface area contributed by atoms with Crippen molar-refractivity contribution in [2.24, 2.45) is 0 Å². The molecular weight excluding hydrogens is 350 g/mol. The maximum atomic E-state index is 12.9. The molecule has 2 aromatic heterocycles. The number of nitrogens with zero attached hydrogens (tertiary/aromatic N) is 3. The van der Waals surface area contributed by atoms with Crippen LogP contribution in [0, 0.1) is 6.92 Å².